The monoisotopic (exact) mass is 341 g/mol. The Kier molecular flexibility index (Phi) is 7.81. The molecule has 1 N–H and O–H groups in total. The maximum Gasteiger partial charge on any atom is 0.270 e. The topological polar surface area (TPSA) is 23.5 Å². The molecular formula is C20H33F2NO. The van der Waals surface area contributed by atoms with Crippen molar-refractivity contribution in [2.75, 3.05) is 19.6 Å². The predicted octanol–water partition coefficient (Wildman–Crippen LogP) is 4.95. The van der Waals surface area contributed by atoms with Crippen LogP contribution in [-0.4, -0.2) is 35.7 Å². The first-order chi connectivity index (χ1) is 11.2. The van der Waals surface area contributed by atoms with E-state index < -0.39 is 5.92 Å². The van der Waals surface area contributed by atoms with Crippen LogP contribution in [0.15, 0.2) is 24.3 Å². The van der Waals surface area contributed by atoms with Gasteiger partial charge >= 0.3 is 0 Å². The summed E-state index contributed by atoms with van der Waals surface area (Å²) in [6.45, 7) is 12.1. The first-order valence-corrected chi connectivity index (χ1v) is 9.08. The van der Waals surface area contributed by atoms with Crippen LogP contribution in [0.2, 0.25) is 0 Å². The smallest absolute Gasteiger partial charge is 0.270 e. The average molecular weight is 341 g/mol. The lowest BCUT2D eigenvalue weighted by molar-refractivity contribution is 0.0174. The van der Waals surface area contributed by atoms with Crippen molar-refractivity contribution in [2.24, 2.45) is 0 Å². The molecule has 138 valence electrons. The normalized spacial score (nSPS) is 17.3. The van der Waals surface area contributed by atoms with Gasteiger partial charge in [0.2, 0.25) is 0 Å². The lowest BCUT2D eigenvalue weighted by atomic mass is 9.81. The molecule has 4 heteroatoms. The molecule has 0 aliphatic carbocycles. The van der Waals surface area contributed by atoms with E-state index in [0.717, 1.165) is 51.4 Å². The highest BCUT2D eigenvalue weighted by Crippen LogP contribution is 2.32. The number of aliphatic hydroxyl groups excluding tert-OH is 1. The molecule has 1 aliphatic heterocycles. The van der Waals surface area contributed by atoms with Gasteiger partial charge in [0.25, 0.3) is 5.92 Å². The number of piperidine rings is 1. The van der Waals surface area contributed by atoms with Gasteiger partial charge in [-0.05, 0) is 36.8 Å². The molecule has 0 unspecified atom stereocenters. The number of aliphatic hydroxyl groups is 1. The maximum absolute atomic E-state index is 13.3. The third-order valence-corrected chi connectivity index (χ3v) is 4.78. The summed E-state index contributed by atoms with van der Waals surface area (Å²) in [5.41, 5.74) is 1.12. The number of halogens is 2. The number of likely N-dealkylation sites (tertiary alicyclic amines) is 1. The zero-order valence-corrected chi connectivity index (χ0v) is 15.8. The Morgan fingerprint density at radius 3 is 1.92 bits per heavy atom. The highest BCUT2D eigenvalue weighted by atomic mass is 19.3. The van der Waals surface area contributed by atoms with Crippen molar-refractivity contribution in [3.8, 4) is 0 Å². The Bertz CT molecular complexity index is 471. The van der Waals surface area contributed by atoms with Crippen LogP contribution < -0.4 is 0 Å². The molecule has 2 rings (SSSR count). The third kappa shape index (κ3) is 6.14. The van der Waals surface area contributed by atoms with Crippen LogP contribution in [0.4, 0.5) is 8.78 Å². The van der Waals surface area contributed by atoms with E-state index in [1.165, 1.54) is 12.1 Å². The molecule has 0 amide bonds. The zero-order chi connectivity index (χ0) is 18.4. The van der Waals surface area contributed by atoms with Crippen LogP contribution in [0.25, 0.3) is 0 Å². The molecule has 1 aromatic carbocycles. The fourth-order valence-corrected chi connectivity index (χ4v) is 2.94. The van der Waals surface area contributed by atoms with Gasteiger partial charge in [-0.1, -0.05) is 52.0 Å². The van der Waals surface area contributed by atoms with Gasteiger partial charge in [-0.2, -0.15) is 0 Å². The van der Waals surface area contributed by atoms with Crippen molar-refractivity contribution in [3.63, 3.8) is 0 Å². The standard InChI is InChI=1S/C18H27F2NO.C2H6/c1-17(2,10-13-21-11-8-16(22)9-12-21)14-4-6-15(7-5-14)18(3,19)20;1-2/h4-7,16,22H,8-13H2,1-3H3;1-2H3. The maximum atomic E-state index is 13.3. The minimum atomic E-state index is -2.78. The molecule has 1 saturated heterocycles. The molecule has 1 fully saturated rings. The van der Waals surface area contributed by atoms with Gasteiger partial charge in [-0.25, -0.2) is 8.78 Å². The summed E-state index contributed by atoms with van der Waals surface area (Å²) in [6.07, 6.45) is 2.53. The Morgan fingerprint density at radius 1 is 1.00 bits per heavy atom. The van der Waals surface area contributed by atoms with Gasteiger partial charge < -0.3 is 10.0 Å². The van der Waals surface area contributed by atoms with Gasteiger partial charge in [0, 0.05) is 25.6 Å². The Labute approximate surface area is 145 Å². The molecular weight excluding hydrogens is 308 g/mol. The van der Waals surface area contributed by atoms with Crippen molar-refractivity contribution in [2.45, 2.75) is 71.3 Å². The number of benzene rings is 1. The van der Waals surface area contributed by atoms with E-state index in [4.69, 9.17) is 0 Å². The highest BCUT2D eigenvalue weighted by Gasteiger charge is 2.27. The first kappa shape index (κ1) is 21.0. The van der Waals surface area contributed by atoms with E-state index in [1.807, 2.05) is 26.0 Å². The van der Waals surface area contributed by atoms with E-state index in [9.17, 15) is 13.9 Å². The molecule has 0 radical (unpaired) electrons. The average Bonchev–Trinajstić information content (AvgIpc) is 2.56. The molecule has 1 aromatic rings. The Hall–Kier alpha value is -1.00. The summed E-state index contributed by atoms with van der Waals surface area (Å²) in [7, 11) is 0. The molecule has 0 saturated carbocycles. The SMILES string of the molecule is CC.CC(F)(F)c1ccc(C(C)(C)CCN2CCC(O)CC2)cc1. The molecule has 0 aromatic heterocycles. The molecule has 1 aliphatic rings. The Balaban J connectivity index is 0.00000139. The summed E-state index contributed by atoms with van der Waals surface area (Å²) in [5, 5.41) is 9.54. The van der Waals surface area contributed by atoms with E-state index >= 15 is 0 Å². The van der Waals surface area contributed by atoms with E-state index in [1.54, 1.807) is 0 Å². The van der Waals surface area contributed by atoms with Gasteiger partial charge in [-0.3, -0.25) is 0 Å². The lowest BCUT2D eigenvalue weighted by Gasteiger charge is -2.33. The van der Waals surface area contributed by atoms with Crippen LogP contribution in [0.1, 0.15) is 65.0 Å². The van der Waals surface area contributed by atoms with Crippen molar-refractivity contribution >= 4 is 0 Å². The van der Waals surface area contributed by atoms with Crippen LogP contribution in [0.5, 0.6) is 0 Å². The largest absolute Gasteiger partial charge is 0.393 e. The van der Waals surface area contributed by atoms with Gasteiger partial charge in [0.1, 0.15) is 0 Å². The second kappa shape index (κ2) is 8.91. The van der Waals surface area contributed by atoms with Crippen LogP contribution >= 0.6 is 0 Å². The third-order valence-electron chi connectivity index (χ3n) is 4.78. The van der Waals surface area contributed by atoms with Crippen LogP contribution in [0.3, 0.4) is 0 Å². The van der Waals surface area contributed by atoms with Crippen molar-refractivity contribution in [3.05, 3.63) is 35.4 Å². The number of alkyl halides is 2. The summed E-state index contributed by atoms with van der Waals surface area (Å²) < 4.78 is 26.6. The van der Waals surface area contributed by atoms with E-state index in [-0.39, 0.29) is 17.1 Å². The summed E-state index contributed by atoms with van der Waals surface area (Å²) >= 11 is 0. The van der Waals surface area contributed by atoms with E-state index in [2.05, 4.69) is 18.7 Å². The van der Waals surface area contributed by atoms with Crippen molar-refractivity contribution < 1.29 is 13.9 Å². The van der Waals surface area contributed by atoms with Crippen LogP contribution in [-0.2, 0) is 11.3 Å². The molecule has 2 nitrogen and oxygen atoms in total. The predicted molar refractivity (Wildman–Crippen MR) is 96.7 cm³/mol. The summed E-state index contributed by atoms with van der Waals surface area (Å²) in [5.74, 6) is -2.78. The molecule has 0 bridgehead atoms. The Morgan fingerprint density at radius 2 is 1.46 bits per heavy atom. The van der Waals surface area contributed by atoms with Crippen LogP contribution in [0, 0.1) is 0 Å². The second-order valence-corrected chi connectivity index (χ2v) is 7.17. The molecule has 0 atom stereocenters. The number of rotatable bonds is 5. The minimum Gasteiger partial charge on any atom is -0.393 e. The fourth-order valence-electron chi connectivity index (χ4n) is 2.94. The lowest BCUT2D eigenvalue weighted by Crippen LogP contribution is -2.38. The number of hydrogen-bond acceptors (Lipinski definition) is 2. The fraction of sp³-hybridized carbons (Fsp3) is 0.700. The van der Waals surface area contributed by atoms with Gasteiger partial charge in [0.15, 0.2) is 0 Å². The number of hydrogen-bond donors (Lipinski definition) is 1. The number of nitrogens with zero attached hydrogens (tertiary/aromatic N) is 1. The summed E-state index contributed by atoms with van der Waals surface area (Å²) in [4.78, 5) is 2.38. The minimum absolute atomic E-state index is 0.0440. The van der Waals surface area contributed by atoms with Gasteiger partial charge in [-0.15, -0.1) is 0 Å². The zero-order valence-electron chi connectivity index (χ0n) is 15.8. The van der Waals surface area contributed by atoms with E-state index in [0.29, 0.717) is 0 Å². The van der Waals surface area contributed by atoms with Crippen molar-refractivity contribution in [1.29, 1.82) is 0 Å². The molecule has 24 heavy (non-hydrogen) atoms. The molecule has 1 heterocycles. The van der Waals surface area contributed by atoms with Crippen molar-refractivity contribution in [1.82, 2.24) is 4.90 Å². The highest BCUT2D eigenvalue weighted by molar-refractivity contribution is 5.30. The van der Waals surface area contributed by atoms with Gasteiger partial charge in [0.05, 0.1) is 6.10 Å². The molecule has 0 spiro atoms. The summed E-state index contributed by atoms with van der Waals surface area (Å²) in [6, 6.07) is 6.72. The quantitative estimate of drug-likeness (QED) is 0.819. The second-order valence-electron chi connectivity index (χ2n) is 7.17. The first-order valence-electron chi connectivity index (χ1n) is 9.08.